The van der Waals surface area contributed by atoms with E-state index >= 15 is 0 Å². The molecule has 26 heavy (non-hydrogen) atoms. The molecule has 0 aliphatic heterocycles. The van der Waals surface area contributed by atoms with Gasteiger partial charge in [-0.3, -0.25) is 14.9 Å². The zero-order chi connectivity index (χ0) is 18.8. The quantitative estimate of drug-likeness (QED) is 0.417. The third-order valence-corrected chi connectivity index (χ3v) is 4.51. The number of amides is 1. The van der Waals surface area contributed by atoms with E-state index in [0.29, 0.717) is 21.4 Å². The van der Waals surface area contributed by atoms with Crippen LogP contribution in [0.15, 0.2) is 52.9 Å². The largest absolute Gasteiger partial charge is 0.451 e. The third-order valence-electron chi connectivity index (χ3n) is 3.45. The summed E-state index contributed by atoms with van der Waals surface area (Å²) in [6.07, 6.45) is 0. The van der Waals surface area contributed by atoms with Crippen LogP contribution < -0.4 is 5.32 Å². The van der Waals surface area contributed by atoms with Gasteiger partial charge in [-0.2, -0.15) is 0 Å². The summed E-state index contributed by atoms with van der Waals surface area (Å²) in [6, 6.07) is 11.9. The summed E-state index contributed by atoms with van der Waals surface area (Å²) in [7, 11) is 0. The number of hydrogen-bond acceptors (Lipinski definition) is 4. The Bertz CT molecular complexity index is 1020. The topological polar surface area (TPSA) is 85.4 Å². The first-order valence-corrected chi connectivity index (χ1v) is 8.29. The molecule has 0 bridgehead atoms. The van der Waals surface area contributed by atoms with Gasteiger partial charge >= 0.3 is 0 Å². The van der Waals surface area contributed by atoms with Crippen LogP contribution in [0.4, 0.5) is 11.4 Å². The second kappa shape index (κ2) is 7.37. The summed E-state index contributed by atoms with van der Waals surface area (Å²) in [6.45, 7) is 0. The number of furan rings is 1. The van der Waals surface area contributed by atoms with Gasteiger partial charge in [0.1, 0.15) is 11.4 Å². The first kappa shape index (κ1) is 18.3. The van der Waals surface area contributed by atoms with Crippen molar-refractivity contribution in [2.24, 2.45) is 0 Å². The lowest BCUT2D eigenvalue weighted by molar-refractivity contribution is -0.383. The van der Waals surface area contributed by atoms with Crippen LogP contribution in [0.3, 0.4) is 0 Å². The number of rotatable bonds is 4. The number of hydrogen-bond donors (Lipinski definition) is 1. The molecule has 0 fully saturated rings. The molecule has 0 atom stereocenters. The van der Waals surface area contributed by atoms with Gasteiger partial charge in [0.2, 0.25) is 0 Å². The molecule has 0 unspecified atom stereocenters. The molecule has 1 amide bonds. The molecule has 6 nitrogen and oxygen atoms in total. The average molecular weight is 412 g/mol. The molecule has 3 aromatic rings. The van der Waals surface area contributed by atoms with Crippen molar-refractivity contribution in [1.82, 2.24) is 0 Å². The molecule has 1 heterocycles. The predicted octanol–water partition coefficient (Wildman–Crippen LogP) is 6.07. The highest BCUT2D eigenvalue weighted by atomic mass is 35.5. The zero-order valence-corrected chi connectivity index (χ0v) is 15.1. The van der Waals surface area contributed by atoms with Crippen LogP contribution in [0.2, 0.25) is 15.1 Å². The summed E-state index contributed by atoms with van der Waals surface area (Å²) >= 11 is 17.9. The molecule has 0 spiro atoms. The van der Waals surface area contributed by atoms with Crippen molar-refractivity contribution in [3.63, 3.8) is 0 Å². The monoisotopic (exact) mass is 410 g/mol. The molecule has 2 aromatic carbocycles. The maximum atomic E-state index is 12.4. The number of carbonyl (C=O) groups excluding carboxylic acids is 1. The Morgan fingerprint density at radius 3 is 2.58 bits per heavy atom. The van der Waals surface area contributed by atoms with Gasteiger partial charge < -0.3 is 9.73 Å². The van der Waals surface area contributed by atoms with Gasteiger partial charge in [-0.1, -0.05) is 40.9 Å². The van der Waals surface area contributed by atoms with Crippen molar-refractivity contribution in [3.05, 3.63) is 79.5 Å². The average Bonchev–Trinajstić information content (AvgIpc) is 3.08. The maximum Gasteiger partial charge on any atom is 0.294 e. The van der Waals surface area contributed by atoms with Gasteiger partial charge in [-0.25, -0.2) is 0 Å². The number of anilines is 1. The molecule has 1 aromatic heterocycles. The van der Waals surface area contributed by atoms with Gasteiger partial charge in [0.05, 0.1) is 15.0 Å². The number of nitro groups is 1. The Kier molecular flexibility index (Phi) is 5.18. The summed E-state index contributed by atoms with van der Waals surface area (Å²) in [5.74, 6) is -0.353. The normalized spacial score (nSPS) is 10.6. The van der Waals surface area contributed by atoms with Gasteiger partial charge in [-0.05, 0) is 36.4 Å². The number of halogens is 3. The van der Waals surface area contributed by atoms with Crippen molar-refractivity contribution in [3.8, 4) is 11.3 Å². The number of nitrogens with zero attached hydrogens (tertiary/aromatic N) is 1. The summed E-state index contributed by atoms with van der Waals surface area (Å²) in [4.78, 5) is 22.8. The van der Waals surface area contributed by atoms with E-state index in [1.807, 2.05) is 0 Å². The van der Waals surface area contributed by atoms with Crippen molar-refractivity contribution in [2.75, 3.05) is 5.32 Å². The highest BCUT2D eigenvalue weighted by molar-refractivity contribution is 6.43. The molecule has 1 N–H and O–H groups in total. The Morgan fingerprint density at radius 2 is 1.85 bits per heavy atom. The standard InChI is InChI=1S/C17H9Cl3N2O4/c18-9-4-5-12(13(8-9)22(24)25)21-17(23)15-7-6-14(26-15)10-2-1-3-11(19)16(10)20/h1-8H,(H,21,23). The van der Waals surface area contributed by atoms with Crippen LogP contribution in [0.1, 0.15) is 10.6 Å². The zero-order valence-electron chi connectivity index (χ0n) is 12.8. The minimum Gasteiger partial charge on any atom is -0.451 e. The lowest BCUT2D eigenvalue weighted by Crippen LogP contribution is -2.12. The van der Waals surface area contributed by atoms with Crippen LogP contribution in [0, 0.1) is 10.1 Å². The summed E-state index contributed by atoms with van der Waals surface area (Å²) < 4.78 is 5.51. The highest BCUT2D eigenvalue weighted by Crippen LogP contribution is 2.34. The van der Waals surface area contributed by atoms with E-state index in [4.69, 9.17) is 39.2 Å². The van der Waals surface area contributed by atoms with Crippen LogP contribution in [0.25, 0.3) is 11.3 Å². The van der Waals surface area contributed by atoms with Crippen LogP contribution in [-0.4, -0.2) is 10.8 Å². The Hall–Kier alpha value is -2.54. The fraction of sp³-hybridized carbons (Fsp3) is 0. The lowest BCUT2D eigenvalue weighted by atomic mass is 10.2. The Balaban J connectivity index is 1.88. The number of nitro benzene ring substituents is 1. The molecule has 0 aliphatic rings. The summed E-state index contributed by atoms with van der Waals surface area (Å²) in [5.41, 5.74) is 0.203. The third kappa shape index (κ3) is 3.67. The van der Waals surface area contributed by atoms with E-state index in [9.17, 15) is 14.9 Å². The second-order valence-corrected chi connectivity index (χ2v) is 6.36. The minimum absolute atomic E-state index is 0.00291. The smallest absolute Gasteiger partial charge is 0.294 e. The molecule has 0 saturated heterocycles. The second-order valence-electron chi connectivity index (χ2n) is 5.14. The van der Waals surface area contributed by atoms with Crippen LogP contribution in [0.5, 0.6) is 0 Å². The van der Waals surface area contributed by atoms with E-state index in [-0.39, 0.29) is 22.2 Å². The Morgan fingerprint density at radius 1 is 1.08 bits per heavy atom. The molecule has 3 rings (SSSR count). The van der Waals surface area contributed by atoms with E-state index in [1.54, 1.807) is 24.3 Å². The molecule has 9 heteroatoms. The molecular formula is C17H9Cl3N2O4. The van der Waals surface area contributed by atoms with Crippen LogP contribution in [-0.2, 0) is 0 Å². The fourth-order valence-corrected chi connectivity index (χ4v) is 2.80. The first-order valence-electron chi connectivity index (χ1n) is 7.16. The number of benzene rings is 2. The lowest BCUT2D eigenvalue weighted by Gasteiger charge is -2.05. The van der Waals surface area contributed by atoms with Gasteiger partial charge in [0.25, 0.3) is 11.6 Å². The SMILES string of the molecule is O=C(Nc1ccc(Cl)cc1[N+](=O)[O-])c1ccc(-c2cccc(Cl)c2Cl)o1. The van der Waals surface area contributed by atoms with Gasteiger partial charge in [-0.15, -0.1) is 0 Å². The molecule has 0 aliphatic carbocycles. The van der Waals surface area contributed by atoms with Crippen molar-refractivity contribution >= 4 is 52.1 Å². The number of carbonyl (C=O) groups is 1. The minimum atomic E-state index is -0.653. The van der Waals surface area contributed by atoms with Gasteiger partial charge in [0.15, 0.2) is 5.76 Å². The van der Waals surface area contributed by atoms with E-state index in [1.165, 1.54) is 18.2 Å². The summed E-state index contributed by atoms with van der Waals surface area (Å²) in [5, 5.41) is 14.4. The molecule has 0 radical (unpaired) electrons. The van der Waals surface area contributed by atoms with Gasteiger partial charge in [0, 0.05) is 16.7 Å². The van der Waals surface area contributed by atoms with Crippen molar-refractivity contribution < 1.29 is 14.1 Å². The van der Waals surface area contributed by atoms with Crippen molar-refractivity contribution in [1.29, 1.82) is 0 Å². The molecular weight excluding hydrogens is 403 g/mol. The first-order chi connectivity index (χ1) is 12.4. The predicted molar refractivity (Wildman–Crippen MR) is 100 cm³/mol. The fourth-order valence-electron chi connectivity index (χ4n) is 2.24. The van der Waals surface area contributed by atoms with E-state index < -0.39 is 10.8 Å². The molecule has 132 valence electrons. The highest BCUT2D eigenvalue weighted by Gasteiger charge is 2.20. The van der Waals surface area contributed by atoms with Crippen molar-refractivity contribution in [2.45, 2.75) is 0 Å². The number of nitrogens with one attached hydrogen (secondary N) is 1. The maximum absolute atomic E-state index is 12.4. The van der Waals surface area contributed by atoms with E-state index in [2.05, 4.69) is 5.32 Å². The van der Waals surface area contributed by atoms with Crippen LogP contribution >= 0.6 is 34.8 Å². The Labute approximate surface area is 162 Å². The molecule has 0 saturated carbocycles. The van der Waals surface area contributed by atoms with E-state index in [0.717, 1.165) is 6.07 Å².